The topological polar surface area (TPSA) is 84.3 Å². The highest BCUT2D eigenvalue weighted by Crippen LogP contribution is 2.15. The molecule has 0 aromatic heterocycles. The second-order valence-electron chi connectivity index (χ2n) is 4.20. The third-order valence-corrected chi connectivity index (χ3v) is 3.85. The molecular weight excluding hydrogens is 266 g/mol. The molecule has 0 aliphatic carbocycles. The summed E-state index contributed by atoms with van der Waals surface area (Å²) in [4.78, 5) is 21.3. The van der Waals surface area contributed by atoms with Crippen molar-refractivity contribution in [3.05, 3.63) is 39.9 Å². The van der Waals surface area contributed by atoms with Crippen molar-refractivity contribution in [2.45, 2.75) is 18.3 Å². The lowest BCUT2D eigenvalue weighted by Gasteiger charge is -2.24. The van der Waals surface area contributed by atoms with Crippen molar-refractivity contribution in [3.8, 4) is 0 Å². The molecule has 1 aliphatic rings. The van der Waals surface area contributed by atoms with Crippen LogP contribution in [0.2, 0.25) is 0 Å². The standard InChI is InChI=1S/C12H15N3O3S/c16-11-5-7-13-12(14-11)19-8-6-9-1-3-10(4-2-9)15(17)18/h1-4,12-13H,5-8H2,(H,14,16). The van der Waals surface area contributed by atoms with E-state index in [1.807, 2.05) is 0 Å². The maximum Gasteiger partial charge on any atom is 0.269 e. The molecule has 2 rings (SSSR count). The smallest absolute Gasteiger partial charge is 0.269 e. The molecule has 1 atom stereocenters. The Hall–Kier alpha value is -1.60. The number of carbonyl (C=O) groups is 1. The van der Waals surface area contributed by atoms with E-state index in [-0.39, 0.29) is 17.1 Å². The minimum Gasteiger partial charge on any atom is -0.332 e. The van der Waals surface area contributed by atoms with Crippen LogP contribution in [0.1, 0.15) is 12.0 Å². The first-order chi connectivity index (χ1) is 9.15. The first kappa shape index (κ1) is 13.8. The second-order valence-corrected chi connectivity index (χ2v) is 5.41. The lowest BCUT2D eigenvalue weighted by Crippen LogP contribution is -2.49. The monoisotopic (exact) mass is 281 g/mol. The SMILES string of the molecule is O=C1CCNC(SCCc2ccc([N+](=O)[O-])cc2)N1. The van der Waals surface area contributed by atoms with Crippen LogP contribution in [0, 0.1) is 10.1 Å². The number of nitrogens with one attached hydrogen (secondary N) is 2. The molecule has 1 unspecified atom stereocenters. The molecule has 0 radical (unpaired) electrons. The Morgan fingerprint density at radius 1 is 1.37 bits per heavy atom. The van der Waals surface area contributed by atoms with E-state index in [1.165, 1.54) is 12.1 Å². The highest BCUT2D eigenvalue weighted by atomic mass is 32.2. The molecule has 6 nitrogen and oxygen atoms in total. The van der Waals surface area contributed by atoms with Crippen molar-refractivity contribution in [2.75, 3.05) is 12.3 Å². The van der Waals surface area contributed by atoms with Crippen LogP contribution in [0.4, 0.5) is 5.69 Å². The highest BCUT2D eigenvalue weighted by molar-refractivity contribution is 7.99. The summed E-state index contributed by atoms with van der Waals surface area (Å²) in [6.45, 7) is 0.709. The average molecular weight is 281 g/mol. The fraction of sp³-hybridized carbons (Fsp3) is 0.417. The van der Waals surface area contributed by atoms with Gasteiger partial charge in [0, 0.05) is 30.9 Å². The number of non-ortho nitro benzene ring substituents is 1. The molecule has 1 fully saturated rings. The summed E-state index contributed by atoms with van der Waals surface area (Å²) in [7, 11) is 0. The number of nitro benzene ring substituents is 1. The number of thioether (sulfide) groups is 1. The molecule has 0 spiro atoms. The van der Waals surface area contributed by atoms with Crippen LogP contribution in [0.15, 0.2) is 24.3 Å². The highest BCUT2D eigenvalue weighted by Gasteiger charge is 2.16. The fourth-order valence-corrected chi connectivity index (χ4v) is 2.81. The van der Waals surface area contributed by atoms with Crippen molar-refractivity contribution in [1.29, 1.82) is 0 Å². The molecule has 1 amide bonds. The number of nitrogens with zero attached hydrogens (tertiary/aromatic N) is 1. The Bertz CT molecular complexity index is 464. The van der Waals surface area contributed by atoms with Crippen LogP contribution in [0.25, 0.3) is 0 Å². The van der Waals surface area contributed by atoms with Gasteiger partial charge in [-0.3, -0.25) is 20.2 Å². The van der Waals surface area contributed by atoms with Crippen LogP contribution >= 0.6 is 11.8 Å². The van der Waals surface area contributed by atoms with Crippen LogP contribution in [0.3, 0.4) is 0 Å². The van der Waals surface area contributed by atoms with Gasteiger partial charge in [-0.2, -0.15) is 0 Å². The van der Waals surface area contributed by atoms with Crippen molar-refractivity contribution in [3.63, 3.8) is 0 Å². The summed E-state index contributed by atoms with van der Waals surface area (Å²) in [5, 5.41) is 16.6. The molecule has 1 aromatic rings. The number of hydrogen-bond acceptors (Lipinski definition) is 5. The van der Waals surface area contributed by atoms with Crippen molar-refractivity contribution < 1.29 is 9.72 Å². The van der Waals surface area contributed by atoms with Gasteiger partial charge in [0.05, 0.1) is 4.92 Å². The van der Waals surface area contributed by atoms with Gasteiger partial charge < -0.3 is 5.32 Å². The summed E-state index contributed by atoms with van der Waals surface area (Å²) < 4.78 is 0. The van der Waals surface area contributed by atoms with Gasteiger partial charge in [-0.05, 0) is 12.0 Å². The molecule has 1 aromatic carbocycles. The number of carbonyl (C=O) groups excluding carboxylic acids is 1. The van der Waals surface area contributed by atoms with Crippen LogP contribution in [-0.4, -0.2) is 28.6 Å². The summed E-state index contributed by atoms with van der Waals surface area (Å²) in [5.41, 5.74) is 1.14. The molecule has 7 heteroatoms. The molecular formula is C12H15N3O3S. The molecule has 1 heterocycles. The third-order valence-electron chi connectivity index (χ3n) is 2.80. The van der Waals surface area contributed by atoms with Gasteiger partial charge in [0.25, 0.3) is 5.69 Å². The second kappa shape index (κ2) is 6.53. The van der Waals surface area contributed by atoms with Gasteiger partial charge in [-0.15, -0.1) is 11.8 Å². The quantitative estimate of drug-likeness (QED) is 0.627. The van der Waals surface area contributed by atoms with E-state index in [0.717, 1.165) is 17.7 Å². The van der Waals surface area contributed by atoms with Gasteiger partial charge >= 0.3 is 0 Å². The molecule has 0 saturated carbocycles. The molecule has 0 bridgehead atoms. The van der Waals surface area contributed by atoms with E-state index >= 15 is 0 Å². The van der Waals surface area contributed by atoms with E-state index in [4.69, 9.17) is 0 Å². The Balaban J connectivity index is 1.76. The Morgan fingerprint density at radius 3 is 2.74 bits per heavy atom. The normalized spacial score (nSPS) is 18.9. The molecule has 102 valence electrons. The molecule has 1 aliphatic heterocycles. The number of rotatable bonds is 5. The van der Waals surface area contributed by atoms with Crippen LogP contribution < -0.4 is 10.6 Å². The number of hydrogen-bond donors (Lipinski definition) is 2. The summed E-state index contributed by atoms with van der Waals surface area (Å²) >= 11 is 1.63. The average Bonchev–Trinajstić information content (AvgIpc) is 2.39. The van der Waals surface area contributed by atoms with Gasteiger partial charge in [0.1, 0.15) is 5.50 Å². The first-order valence-corrected chi connectivity index (χ1v) is 7.08. The van der Waals surface area contributed by atoms with E-state index in [9.17, 15) is 14.9 Å². The number of nitro groups is 1. The zero-order valence-electron chi connectivity index (χ0n) is 10.3. The molecule has 2 N–H and O–H groups in total. The fourth-order valence-electron chi connectivity index (χ4n) is 1.77. The van der Waals surface area contributed by atoms with Crippen LogP contribution in [-0.2, 0) is 11.2 Å². The Kier molecular flexibility index (Phi) is 4.75. The van der Waals surface area contributed by atoms with Gasteiger partial charge in [-0.25, -0.2) is 0 Å². The van der Waals surface area contributed by atoms with E-state index in [0.29, 0.717) is 13.0 Å². The van der Waals surface area contributed by atoms with Gasteiger partial charge in [-0.1, -0.05) is 12.1 Å². The number of aryl methyl sites for hydroxylation is 1. The summed E-state index contributed by atoms with van der Waals surface area (Å²) in [6, 6.07) is 6.57. The Morgan fingerprint density at radius 2 is 2.11 bits per heavy atom. The zero-order valence-corrected chi connectivity index (χ0v) is 11.1. The van der Waals surface area contributed by atoms with E-state index < -0.39 is 4.92 Å². The van der Waals surface area contributed by atoms with Crippen molar-refractivity contribution >= 4 is 23.4 Å². The largest absolute Gasteiger partial charge is 0.332 e. The zero-order chi connectivity index (χ0) is 13.7. The first-order valence-electron chi connectivity index (χ1n) is 6.03. The van der Waals surface area contributed by atoms with Crippen molar-refractivity contribution in [2.24, 2.45) is 0 Å². The maximum atomic E-state index is 11.2. The van der Waals surface area contributed by atoms with E-state index in [2.05, 4.69) is 10.6 Å². The minimum absolute atomic E-state index is 0.0284. The lowest BCUT2D eigenvalue weighted by atomic mass is 10.1. The van der Waals surface area contributed by atoms with E-state index in [1.54, 1.807) is 23.9 Å². The maximum absolute atomic E-state index is 11.2. The number of amides is 1. The van der Waals surface area contributed by atoms with Crippen molar-refractivity contribution in [1.82, 2.24) is 10.6 Å². The number of benzene rings is 1. The lowest BCUT2D eigenvalue weighted by molar-refractivity contribution is -0.384. The predicted molar refractivity (Wildman–Crippen MR) is 73.8 cm³/mol. The Labute approximate surface area is 115 Å². The molecule has 1 saturated heterocycles. The van der Waals surface area contributed by atoms with Gasteiger partial charge in [0.2, 0.25) is 5.91 Å². The summed E-state index contributed by atoms with van der Waals surface area (Å²) in [5.74, 6) is 0.919. The van der Waals surface area contributed by atoms with Gasteiger partial charge in [0.15, 0.2) is 0 Å². The third kappa shape index (κ3) is 4.22. The van der Waals surface area contributed by atoms with Crippen LogP contribution in [0.5, 0.6) is 0 Å². The summed E-state index contributed by atoms with van der Waals surface area (Å²) in [6.07, 6.45) is 1.34. The minimum atomic E-state index is -0.403. The molecule has 19 heavy (non-hydrogen) atoms. The predicted octanol–water partition coefficient (Wildman–Crippen LogP) is 1.26.